The molecule has 1 amide bonds. The number of rotatable bonds is 7. The Labute approximate surface area is 148 Å². The van der Waals surface area contributed by atoms with Gasteiger partial charge >= 0.3 is 5.97 Å². The Hall–Kier alpha value is -2.55. The number of nitriles is 1. The summed E-state index contributed by atoms with van der Waals surface area (Å²) in [5.74, 6) is -0.263. The van der Waals surface area contributed by atoms with Crippen molar-refractivity contribution >= 4 is 11.9 Å². The molecular formula is C19H24N2O4. The number of esters is 1. The van der Waals surface area contributed by atoms with Crippen LogP contribution in [0, 0.1) is 17.2 Å². The molecule has 0 unspecified atom stereocenters. The summed E-state index contributed by atoms with van der Waals surface area (Å²) in [6, 6.07) is 8.81. The fraction of sp³-hybridized carbons (Fsp3) is 0.526. The second kappa shape index (κ2) is 9.07. The first-order valence-electron chi connectivity index (χ1n) is 8.60. The van der Waals surface area contributed by atoms with Crippen LogP contribution in [0.2, 0.25) is 0 Å². The molecule has 0 spiro atoms. The van der Waals surface area contributed by atoms with E-state index in [-0.39, 0.29) is 12.5 Å². The van der Waals surface area contributed by atoms with Crippen LogP contribution in [0.25, 0.3) is 0 Å². The van der Waals surface area contributed by atoms with Crippen molar-refractivity contribution in [3.8, 4) is 11.8 Å². The van der Waals surface area contributed by atoms with Crippen LogP contribution in [0.4, 0.5) is 0 Å². The first-order chi connectivity index (χ1) is 12.1. The molecule has 6 nitrogen and oxygen atoms in total. The van der Waals surface area contributed by atoms with Crippen molar-refractivity contribution in [3.63, 3.8) is 0 Å². The van der Waals surface area contributed by atoms with Crippen molar-refractivity contribution in [2.24, 2.45) is 5.92 Å². The van der Waals surface area contributed by atoms with Gasteiger partial charge in [0.2, 0.25) is 5.91 Å². The molecule has 1 aromatic carbocycles. The maximum Gasteiger partial charge on any atom is 0.312 e. The van der Waals surface area contributed by atoms with Crippen LogP contribution in [-0.2, 0) is 14.3 Å². The van der Waals surface area contributed by atoms with Gasteiger partial charge in [0.25, 0.3) is 0 Å². The van der Waals surface area contributed by atoms with E-state index in [1.165, 1.54) is 0 Å². The van der Waals surface area contributed by atoms with Crippen LogP contribution in [-0.4, -0.2) is 37.0 Å². The van der Waals surface area contributed by atoms with Crippen LogP contribution < -0.4 is 4.74 Å². The fourth-order valence-electron chi connectivity index (χ4n) is 3.30. The Kier molecular flexibility index (Phi) is 6.81. The predicted molar refractivity (Wildman–Crippen MR) is 91.7 cm³/mol. The number of ether oxygens (including phenoxy) is 2. The number of hydrogen-bond donors (Lipinski definition) is 0. The van der Waals surface area contributed by atoms with Gasteiger partial charge in [-0.05, 0) is 18.9 Å². The number of unbranched alkanes of at least 4 members (excludes halogenated alkanes) is 1. The average molecular weight is 344 g/mol. The molecule has 0 saturated carbocycles. The van der Waals surface area contributed by atoms with Crippen molar-refractivity contribution in [1.29, 1.82) is 5.26 Å². The van der Waals surface area contributed by atoms with Gasteiger partial charge in [0.05, 0.1) is 19.1 Å². The first kappa shape index (κ1) is 18.8. The topological polar surface area (TPSA) is 79.6 Å². The van der Waals surface area contributed by atoms with Crippen LogP contribution in [0.15, 0.2) is 24.3 Å². The molecule has 2 atom stereocenters. The fourth-order valence-corrected chi connectivity index (χ4v) is 3.30. The lowest BCUT2D eigenvalue weighted by molar-refractivity contribution is -0.156. The van der Waals surface area contributed by atoms with Crippen molar-refractivity contribution in [3.05, 3.63) is 29.8 Å². The summed E-state index contributed by atoms with van der Waals surface area (Å²) in [6.45, 7) is 2.36. The molecule has 1 saturated heterocycles. The predicted octanol–water partition coefficient (Wildman–Crippen LogP) is 2.84. The number of benzene rings is 1. The second-order valence-corrected chi connectivity index (χ2v) is 6.04. The third kappa shape index (κ3) is 4.30. The number of carbonyl (C=O) groups excluding carboxylic acids is 2. The number of para-hydroxylation sites is 1. The highest BCUT2D eigenvalue weighted by molar-refractivity contribution is 5.82. The van der Waals surface area contributed by atoms with Crippen molar-refractivity contribution in [2.45, 2.75) is 38.6 Å². The molecule has 1 heterocycles. The van der Waals surface area contributed by atoms with Crippen molar-refractivity contribution in [1.82, 2.24) is 4.90 Å². The minimum absolute atomic E-state index is 0.0358. The average Bonchev–Trinajstić information content (AvgIpc) is 2.64. The molecule has 0 radical (unpaired) electrons. The Morgan fingerprint density at radius 2 is 2.16 bits per heavy atom. The van der Waals surface area contributed by atoms with Crippen molar-refractivity contribution < 1.29 is 19.1 Å². The highest BCUT2D eigenvalue weighted by Gasteiger charge is 2.42. The summed E-state index contributed by atoms with van der Waals surface area (Å²) in [4.78, 5) is 26.8. The van der Waals surface area contributed by atoms with Crippen molar-refractivity contribution in [2.75, 3.05) is 20.3 Å². The normalized spacial score (nSPS) is 20.0. The van der Waals surface area contributed by atoms with E-state index in [9.17, 15) is 9.59 Å². The molecule has 0 N–H and O–H groups in total. The van der Waals surface area contributed by atoms with E-state index in [1.54, 1.807) is 12.0 Å². The molecule has 0 aromatic heterocycles. The zero-order valence-electron chi connectivity index (χ0n) is 14.7. The number of hydrogen-bond acceptors (Lipinski definition) is 5. The lowest BCUT2D eigenvalue weighted by Gasteiger charge is -2.40. The second-order valence-electron chi connectivity index (χ2n) is 6.04. The Bertz CT molecular complexity index is 653. The molecule has 0 aliphatic carbocycles. The lowest BCUT2D eigenvalue weighted by Crippen LogP contribution is -2.46. The minimum Gasteiger partial charge on any atom is -0.496 e. The molecule has 25 heavy (non-hydrogen) atoms. The Balaban J connectivity index is 2.42. The number of methoxy groups -OCH3 is 1. The Morgan fingerprint density at radius 3 is 2.84 bits per heavy atom. The van der Waals surface area contributed by atoms with Crippen LogP contribution in [0.3, 0.4) is 0 Å². The summed E-state index contributed by atoms with van der Waals surface area (Å²) in [5, 5.41) is 8.68. The quantitative estimate of drug-likeness (QED) is 0.711. The van der Waals surface area contributed by atoms with Gasteiger partial charge in [0, 0.05) is 18.5 Å². The van der Waals surface area contributed by atoms with E-state index < -0.39 is 17.9 Å². The highest BCUT2D eigenvalue weighted by Crippen LogP contribution is 2.41. The van der Waals surface area contributed by atoms with E-state index in [4.69, 9.17) is 14.7 Å². The molecule has 1 fully saturated rings. The summed E-state index contributed by atoms with van der Waals surface area (Å²) >= 11 is 0. The number of likely N-dealkylation sites (tertiary alicyclic amines) is 1. The van der Waals surface area contributed by atoms with Crippen LogP contribution >= 0.6 is 0 Å². The minimum atomic E-state index is -0.501. The third-order valence-electron chi connectivity index (χ3n) is 4.50. The maximum atomic E-state index is 12.5. The third-order valence-corrected chi connectivity index (χ3v) is 4.50. The number of carbonyl (C=O) groups is 2. The largest absolute Gasteiger partial charge is 0.496 e. The monoisotopic (exact) mass is 344 g/mol. The smallest absolute Gasteiger partial charge is 0.312 e. The molecular weight excluding hydrogens is 320 g/mol. The van der Waals surface area contributed by atoms with E-state index in [0.29, 0.717) is 25.1 Å². The van der Waals surface area contributed by atoms with Gasteiger partial charge in [-0.2, -0.15) is 5.26 Å². The standard InChI is InChI=1S/C19H24N2O4/c1-3-4-12-21-17(22)10-9-15(19(23)25-13-11-20)18(21)14-7-5-6-8-16(14)24-2/h5-8,15,18H,3-4,9-10,12-13H2,1-2H3/t15-,18-/m1/s1. The summed E-state index contributed by atoms with van der Waals surface area (Å²) in [6.07, 6.45) is 2.53. The van der Waals surface area contributed by atoms with Gasteiger partial charge in [-0.3, -0.25) is 9.59 Å². The zero-order valence-corrected chi connectivity index (χ0v) is 14.7. The molecule has 0 bridgehead atoms. The molecule has 6 heteroatoms. The SMILES string of the molecule is CCCCN1C(=O)CC[C@@H](C(=O)OCC#N)[C@H]1c1ccccc1OC. The molecule has 1 aromatic rings. The van der Waals surface area contributed by atoms with Gasteiger partial charge in [-0.1, -0.05) is 31.5 Å². The number of nitrogens with zero attached hydrogens (tertiary/aromatic N) is 2. The van der Waals surface area contributed by atoms with E-state index in [2.05, 4.69) is 6.92 Å². The van der Waals surface area contributed by atoms with E-state index in [1.807, 2.05) is 30.3 Å². The van der Waals surface area contributed by atoms with Crippen LogP contribution in [0.5, 0.6) is 5.75 Å². The summed E-state index contributed by atoms with van der Waals surface area (Å²) in [7, 11) is 1.57. The molecule has 134 valence electrons. The van der Waals surface area contributed by atoms with Gasteiger partial charge in [0.15, 0.2) is 6.61 Å². The first-order valence-corrected chi connectivity index (χ1v) is 8.60. The van der Waals surface area contributed by atoms with E-state index in [0.717, 1.165) is 18.4 Å². The van der Waals surface area contributed by atoms with Gasteiger partial charge in [0.1, 0.15) is 11.8 Å². The highest BCUT2D eigenvalue weighted by atomic mass is 16.5. The summed E-state index contributed by atoms with van der Waals surface area (Å²) < 4.78 is 10.5. The van der Waals surface area contributed by atoms with Gasteiger partial charge in [-0.15, -0.1) is 0 Å². The summed E-state index contributed by atoms with van der Waals surface area (Å²) in [5.41, 5.74) is 0.799. The molecule has 2 rings (SSSR count). The zero-order chi connectivity index (χ0) is 18.2. The molecule has 1 aliphatic rings. The van der Waals surface area contributed by atoms with Gasteiger partial charge in [-0.25, -0.2) is 0 Å². The van der Waals surface area contributed by atoms with Gasteiger partial charge < -0.3 is 14.4 Å². The number of amides is 1. The maximum absolute atomic E-state index is 12.5. The Morgan fingerprint density at radius 1 is 1.40 bits per heavy atom. The van der Waals surface area contributed by atoms with Crippen LogP contribution in [0.1, 0.15) is 44.2 Å². The lowest BCUT2D eigenvalue weighted by atomic mass is 9.83. The van der Waals surface area contributed by atoms with E-state index >= 15 is 0 Å². The number of piperidine rings is 1. The molecule has 1 aliphatic heterocycles.